The maximum absolute atomic E-state index is 9.47. The number of hydrogen-bond acceptors (Lipinski definition) is 4. The van der Waals surface area contributed by atoms with Crippen molar-refractivity contribution >= 4 is 0 Å². The normalized spacial score (nSPS) is 12.8. The molecule has 0 bridgehead atoms. The third kappa shape index (κ3) is 3.42. The van der Waals surface area contributed by atoms with Crippen LogP contribution in [0, 0.1) is 5.92 Å². The molecule has 0 saturated heterocycles. The summed E-state index contributed by atoms with van der Waals surface area (Å²) in [5.74, 6) is 0.502. The smallest absolute Gasteiger partial charge is 0.131 e. The van der Waals surface area contributed by atoms with Crippen LogP contribution in [0.25, 0.3) is 11.4 Å². The predicted molar refractivity (Wildman–Crippen MR) is 78.2 cm³/mol. The zero-order valence-electron chi connectivity index (χ0n) is 12.3. The first-order valence-corrected chi connectivity index (χ1v) is 7.12. The van der Waals surface area contributed by atoms with E-state index in [2.05, 4.69) is 42.1 Å². The molecule has 0 saturated carbocycles. The van der Waals surface area contributed by atoms with Crippen LogP contribution in [0.4, 0.5) is 0 Å². The van der Waals surface area contributed by atoms with Gasteiger partial charge in [-0.15, -0.1) is 5.10 Å². The van der Waals surface area contributed by atoms with E-state index in [0.717, 1.165) is 24.2 Å². The second-order valence-electron chi connectivity index (χ2n) is 5.45. The Morgan fingerprint density at radius 2 is 2.05 bits per heavy atom. The fourth-order valence-electron chi connectivity index (χ4n) is 2.17. The van der Waals surface area contributed by atoms with E-state index in [1.807, 2.05) is 18.5 Å². The third-order valence-corrected chi connectivity index (χ3v) is 3.33. The van der Waals surface area contributed by atoms with Crippen molar-refractivity contribution in [2.45, 2.75) is 39.7 Å². The first kappa shape index (κ1) is 14.7. The molecule has 20 heavy (non-hydrogen) atoms. The fraction of sp³-hybridized carbons (Fsp3) is 0.533. The summed E-state index contributed by atoms with van der Waals surface area (Å²) in [5.41, 5.74) is 2.76. The largest absolute Gasteiger partial charge is 0.394 e. The van der Waals surface area contributed by atoms with Gasteiger partial charge in [0.25, 0.3) is 0 Å². The van der Waals surface area contributed by atoms with Gasteiger partial charge in [-0.25, -0.2) is 4.68 Å². The molecule has 0 fully saturated rings. The number of aliphatic hydroxyl groups is 1. The lowest BCUT2D eigenvalue weighted by Crippen LogP contribution is -2.16. The van der Waals surface area contributed by atoms with Gasteiger partial charge in [0.05, 0.1) is 24.5 Å². The molecule has 1 atom stereocenters. The Labute approximate surface area is 119 Å². The zero-order valence-corrected chi connectivity index (χ0v) is 12.3. The molecule has 0 aliphatic heterocycles. The van der Waals surface area contributed by atoms with Crippen LogP contribution in [0.2, 0.25) is 0 Å². The van der Waals surface area contributed by atoms with Crippen molar-refractivity contribution in [3.63, 3.8) is 0 Å². The van der Waals surface area contributed by atoms with Crippen molar-refractivity contribution < 1.29 is 5.11 Å². The first-order chi connectivity index (χ1) is 9.63. The maximum Gasteiger partial charge on any atom is 0.131 e. The third-order valence-electron chi connectivity index (χ3n) is 3.33. The highest BCUT2D eigenvalue weighted by Gasteiger charge is 2.15. The summed E-state index contributed by atoms with van der Waals surface area (Å²) in [7, 11) is 0. The summed E-state index contributed by atoms with van der Waals surface area (Å²) >= 11 is 0. The SMILES string of the molecule is CCc1ccc(-c2cn([C@H](CO)CC(C)C)nn2)nc1. The Morgan fingerprint density at radius 3 is 2.60 bits per heavy atom. The highest BCUT2D eigenvalue weighted by Crippen LogP contribution is 2.19. The Kier molecular flexibility index (Phi) is 4.84. The predicted octanol–water partition coefficient (Wildman–Crippen LogP) is 2.48. The van der Waals surface area contributed by atoms with Crippen LogP contribution in [0.15, 0.2) is 24.5 Å². The van der Waals surface area contributed by atoms with Crippen LogP contribution in [0.5, 0.6) is 0 Å². The van der Waals surface area contributed by atoms with Gasteiger partial charge in [-0.3, -0.25) is 4.98 Å². The first-order valence-electron chi connectivity index (χ1n) is 7.12. The molecule has 0 aliphatic carbocycles. The van der Waals surface area contributed by atoms with E-state index >= 15 is 0 Å². The van der Waals surface area contributed by atoms with Gasteiger partial charge in [0.2, 0.25) is 0 Å². The van der Waals surface area contributed by atoms with E-state index in [1.54, 1.807) is 4.68 Å². The molecule has 0 aliphatic rings. The average Bonchev–Trinajstić information content (AvgIpc) is 2.94. The Bertz CT molecular complexity index is 533. The minimum absolute atomic E-state index is 0.0221. The minimum atomic E-state index is -0.0221. The van der Waals surface area contributed by atoms with Crippen molar-refractivity contribution in [3.05, 3.63) is 30.1 Å². The Hall–Kier alpha value is -1.75. The molecule has 0 amide bonds. The van der Waals surface area contributed by atoms with Gasteiger partial charge in [0, 0.05) is 6.20 Å². The molecule has 2 heterocycles. The van der Waals surface area contributed by atoms with Gasteiger partial charge >= 0.3 is 0 Å². The van der Waals surface area contributed by atoms with Gasteiger partial charge in [0.1, 0.15) is 5.69 Å². The number of hydrogen-bond donors (Lipinski definition) is 1. The van der Waals surface area contributed by atoms with Crippen molar-refractivity contribution in [2.24, 2.45) is 5.92 Å². The molecule has 2 aromatic rings. The number of aryl methyl sites for hydroxylation is 1. The van der Waals surface area contributed by atoms with Gasteiger partial charge in [-0.05, 0) is 30.4 Å². The van der Waals surface area contributed by atoms with Crippen molar-refractivity contribution in [1.82, 2.24) is 20.0 Å². The Morgan fingerprint density at radius 1 is 1.25 bits per heavy atom. The quantitative estimate of drug-likeness (QED) is 0.879. The lowest BCUT2D eigenvalue weighted by atomic mass is 10.0. The monoisotopic (exact) mass is 274 g/mol. The van der Waals surface area contributed by atoms with Crippen molar-refractivity contribution in [1.29, 1.82) is 0 Å². The number of aromatic nitrogens is 4. The average molecular weight is 274 g/mol. The second-order valence-corrected chi connectivity index (χ2v) is 5.45. The molecule has 0 unspecified atom stereocenters. The number of nitrogens with zero attached hydrogens (tertiary/aromatic N) is 4. The Balaban J connectivity index is 2.18. The lowest BCUT2D eigenvalue weighted by molar-refractivity contribution is 0.196. The highest BCUT2D eigenvalue weighted by molar-refractivity contribution is 5.52. The molecule has 1 N–H and O–H groups in total. The molecule has 0 radical (unpaired) electrons. The van der Waals surface area contributed by atoms with E-state index in [4.69, 9.17) is 0 Å². The van der Waals surface area contributed by atoms with E-state index in [9.17, 15) is 5.11 Å². The summed E-state index contributed by atoms with van der Waals surface area (Å²) < 4.78 is 1.74. The van der Waals surface area contributed by atoms with E-state index in [1.165, 1.54) is 5.56 Å². The summed E-state index contributed by atoms with van der Waals surface area (Å²) in [6.07, 6.45) is 5.58. The highest BCUT2D eigenvalue weighted by atomic mass is 16.3. The lowest BCUT2D eigenvalue weighted by Gasteiger charge is -2.15. The fourth-order valence-corrected chi connectivity index (χ4v) is 2.17. The second kappa shape index (κ2) is 6.61. The van der Waals surface area contributed by atoms with Crippen LogP contribution in [0.1, 0.15) is 38.8 Å². The molecule has 0 spiro atoms. The van der Waals surface area contributed by atoms with Gasteiger partial charge in [0.15, 0.2) is 0 Å². The molecule has 2 aromatic heterocycles. The van der Waals surface area contributed by atoms with Crippen LogP contribution < -0.4 is 0 Å². The molecular weight excluding hydrogens is 252 g/mol. The summed E-state index contributed by atoms with van der Waals surface area (Å²) in [4.78, 5) is 4.40. The van der Waals surface area contributed by atoms with Crippen LogP contribution >= 0.6 is 0 Å². The summed E-state index contributed by atoms with van der Waals surface area (Å²) in [5, 5.41) is 17.8. The number of aliphatic hydroxyl groups excluding tert-OH is 1. The van der Waals surface area contributed by atoms with Gasteiger partial charge in [-0.1, -0.05) is 32.1 Å². The molecule has 2 rings (SSSR count). The van der Waals surface area contributed by atoms with Crippen LogP contribution in [-0.4, -0.2) is 31.7 Å². The van der Waals surface area contributed by atoms with Crippen molar-refractivity contribution in [2.75, 3.05) is 6.61 Å². The van der Waals surface area contributed by atoms with Crippen LogP contribution in [-0.2, 0) is 6.42 Å². The zero-order chi connectivity index (χ0) is 14.5. The van der Waals surface area contributed by atoms with E-state index in [0.29, 0.717) is 5.92 Å². The van der Waals surface area contributed by atoms with Gasteiger partial charge in [-0.2, -0.15) is 0 Å². The van der Waals surface area contributed by atoms with Crippen LogP contribution in [0.3, 0.4) is 0 Å². The molecule has 5 heteroatoms. The molecule has 0 aromatic carbocycles. The maximum atomic E-state index is 9.47. The van der Waals surface area contributed by atoms with Gasteiger partial charge < -0.3 is 5.11 Å². The number of rotatable bonds is 6. The summed E-state index contributed by atoms with van der Waals surface area (Å²) in [6.45, 7) is 6.44. The minimum Gasteiger partial charge on any atom is -0.394 e. The standard InChI is InChI=1S/C15H22N4O/c1-4-12-5-6-14(16-8-12)15-9-19(18-17-15)13(10-20)7-11(2)3/h5-6,8-9,11,13,20H,4,7,10H2,1-3H3/t13-/m0/s1. The molecule has 108 valence electrons. The number of pyridine rings is 1. The molecular formula is C15H22N4O. The van der Waals surface area contributed by atoms with E-state index < -0.39 is 0 Å². The summed E-state index contributed by atoms with van der Waals surface area (Å²) in [6, 6.07) is 3.99. The molecule has 5 nitrogen and oxygen atoms in total. The topological polar surface area (TPSA) is 63.8 Å². The van der Waals surface area contributed by atoms with Crippen molar-refractivity contribution in [3.8, 4) is 11.4 Å². The van der Waals surface area contributed by atoms with E-state index in [-0.39, 0.29) is 12.6 Å².